The van der Waals surface area contributed by atoms with Gasteiger partial charge in [0.2, 0.25) is 10.1 Å². The van der Waals surface area contributed by atoms with Gasteiger partial charge in [-0.3, -0.25) is 9.69 Å². The first-order valence-electron chi connectivity index (χ1n) is 9.93. The van der Waals surface area contributed by atoms with E-state index in [-0.39, 0.29) is 30.0 Å². The van der Waals surface area contributed by atoms with E-state index in [1.807, 2.05) is 37.4 Å². The molecule has 31 heavy (non-hydrogen) atoms. The highest BCUT2D eigenvalue weighted by molar-refractivity contribution is 7.17. The van der Waals surface area contributed by atoms with Crippen LogP contribution in [0.15, 0.2) is 30.5 Å². The number of para-hydroxylation sites is 1. The molecule has 1 aliphatic rings. The maximum Gasteiger partial charge on any atom is 0.405 e. The first kappa shape index (κ1) is 21.6. The number of H-pyrrole nitrogens is 1. The third-order valence-electron chi connectivity index (χ3n) is 5.48. The van der Waals surface area contributed by atoms with Gasteiger partial charge in [0.05, 0.1) is 0 Å². The summed E-state index contributed by atoms with van der Waals surface area (Å²) in [7, 11) is 1.46. The van der Waals surface area contributed by atoms with Gasteiger partial charge >= 0.3 is 6.18 Å². The van der Waals surface area contributed by atoms with Crippen LogP contribution in [0.3, 0.4) is 0 Å². The quantitative estimate of drug-likeness (QED) is 0.622. The number of aromatic amines is 1. The van der Waals surface area contributed by atoms with Crippen LogP contribution in [-0.2, 0) is 6.42 Å². The Bertz CT molecular complexity index is 1060. The molecule has 2 unspecified atom stereocenters. The van der Waals surface area contributed by atoms with E-state index in [2.05, 4.69) is 20.5 Å². The van der Waals surface area contributed by atoms with Crippen LogP contribution in [0.5, 0.6) is 0 Å². The highest BCUT2D eigenvalue weighted by Crippen LogP contribution is 2.30. The molecule has 2 aromatic heterocycles. The smallest absolute Gasteiger partial charge is 0.361 e. The molecule has 0 spiro atoms. The van der Waals surface area contributed by atoms with Gasteiger partial charge in [0, 0.05) is 42.8 Å². The summed E-state index contributed by atoms with van der Waals surface area (Å²) in [5.74, 6) is -0.377. The summed E-state index contributed by atoms with van der Waals surface area (Å²) in [5, 5.41) is 12.4. The van der Waals surface area contributed by atoms with Crippen LogP contribution < -0.4 is 10.2 Å². The standard InChI is InChI=1S/C20H23F3N6OS/c1-12(9-13-10-24-15-6-4-3-5-14(13)15)25-17(30)18-26-27-19(31-18)29-8-7-28(2)16(11-29)20(21,22)23/h3-6,10,12,16,24H,7-9,11H2,1-2H3,(H,25,30). The fourth-order valence-corrected chi connectivity index (χ4v) is 4.59. The van der Waals surface area contributed by atoms with Gasteiger partial charge in [0.1, 0.15) is 6.04 Å². The van der Waals surface area contributed by atoms with Crippen molar-refractivity contribution in [1.82, 2.24) is 25.4 Å². The normalized spacial score (nSPS) is 19.0. The molecule has 3 heterocycles. The molecule has 0 saturated carbocycles. The van der Waals surface area contributed by atoms with Crippen molar-refractivity contribution < 1.29 is 18.0 Å². The lowest BCUT2D eigenvalue weighted by atomic mass is 10.1. The molecule has 166 valence electrons. The molecule has 0 bridgehead atoms. The first-order chi connectivity index (χ1) is 14.7. The van der Waals surface area contributed by atoms with Crippen LogP contribution in [0.2, 0.25) is 0 Å². The van der Waals surface area contributed by atoms with Crippen LogP contribution in [0, 0.1) is 0 Å². The Morgan fingerprint density at radius 1 is 1.32 bits per heavy atom. The van der Waals surface area contributed by atoms with E-state index in [1.54, 1.807) is 4.90 Å². The molecule has 1 aromatic carbocycles. The van der Waals surface area contributed by atoms with E-state index in [9.17, 15) is 18.0 Å². The molecular weight excluding hydrogens is 429 g/mol. The molecule has 11 heteroatoms. The summed E-state index contributed by atoms with van der Waals surface area (Å²) in [4.78, 5) is 18.6. The highest BCUT2D eigenvalue weighted by Gasteiger charge is 2.45. The Morgan fingerprint density at radius 3 is 2.87 bits per heavy atom. The van der Waals surface area contributed by atoms with Crippen molar-refractivity contribution in [3.63, 3.8) is 0 Å². The number of carbonyl (C=O) groups excluding carboxylic acids is 1. The number of likely N-dealkylation sites (N-methyl/N-ethyl adjacent to an activating group) is 1. The van der Waals surface area contributed by atoms with Crippen molar-refractivity contribution in [2.24, 2.45) is 0 Å². The zero-order chi connectivity index (χ0) is 22.2. The lowest BCUT2D eigenvalue weighted by Gasteiger charge is -2.39. The second-order valence-corrected chi connectivity index (χ2v) is 8.77. The number of hydrogen-bond donors (Lipinski definition) is 2. The Hall–Kier alpha value is -2.66. The molecule has 1 aliphatic heterocycles. The number of piperazine rings is 1. The molecule has 4 rings (SSSR count). The first-order valence-corrected chi connectivity index (χ1v) is 10.8. The van der Waals surface area contributed by atoms with Gasteiger partial charge in [-0.1, -0.05) is 29.5 Å². The molecule has 1 saturated heterocycles. The number of benzene rings is 1. The molecule has 1 amide bonds. The molecule has 3 aromatic rings. The maximum atomic E-state index is 13.2. The fourth-order valence-electron chi connectivity index (χ4n) is 3.80. The summed E-state index contributed by atoms with van der Waals surface area (Å²) in [6.45, 7) is 2.33. The fraction of sp³-hybridized carbons (Fsp3) is 0.450. The van der Waals surface area contributed by atoms with Crippen molar-refractivity contribution >= 4 is 33.3 Å². The van der Waals surface area contributed by atoms with Gasteiger partial charge in [0.25, 0.3) is 5.91 Å². The second-order valence-electron chi connectivity index (χ2n) is 7.81. The number of aromatic nitrogens is 3. The minimum atomic E-state index is -4.32. The summed E-state index contributed by atoms with van der Waals surface area (Å²) >= 11 is 1.01. The minimum absolute atomic E-state index is 0.142. The van der Waals surface area contributed by atoms with E-state index in [0.717, 1.165) is 27.8 Å². The summed E-state index contributed by atoms with van der Waals surface area (Å²) in [6.07, 6.45) is -1.76. The molecule has 2 atom stereocenters. The number of fused-ring (bicyclic) bond motifs is 1. The lowest BCUT2D eigenvalue weighted by molar-refractivity contribution is -0.180. The van der Waals surface area contributed by atoms with Crippen LogP contribution in [-0.4, -0.2) is 70.9 Å². The molecule has 7 nitrogen and oxygen atoms in total. The van der Waals surface area contributed by atoms with Gasteiger partial charge in [-0.05, 0) is 32.0 Å². The van der Waals surface area contributed by atoms with Crippen molar-refractivity contribution in [1.29, 1.82) is 0 Å². The Balaban J connectivity index is 1.39. The predicted octanol–water partition coefficient (Wildman–Crippen LogP) is 3.06. The van der Waals surface area contributed by atoms with Crippen LogP contribution in [0.4, 0.5) is 18.3 Å². The van der Waals surface area contributed by atoms with E-state index in [4.69, 9.17) is 0 Å². The third kappa shape index (κ3) is 4.67. The topological polar surface area (TPSA) is 77.1 Å². The van der Waals surface area contributed by atoms with Crippen LogP contribution in [0.25, 0.3) is 10.9 Å². The second kappa shape index (κ2) is 8.46. The molecule has 0 aliphatic carbocycles. The summed E-state index contributed by atoms with van der Waals surface area (Å²) in [5.41, 5.74) is 2.13. The van der Waals surface area contributed by atoms with Crippen molar-refractivity contribution in [3.05, 3.63) is 41.0 Å². The molecular formula is C20H23F3N6OS. The average Bonchev–Trinajstić information content (AvgIpc) is 3.35. The zero-order valence-electron chi connectivity index (χ0n) is 17.1. The van der Waals surface area contributed by atoms with Crippen molar-refractivity contribution in [2.75, 3.05) is 31.6 Å². The monoisotopic (exact) mass is 452 g/mol. The van der Waals surface area contributed by atoms with E-state index >= 15 is 0 Å². The van der Waals surface area contributed by atoms with E-state index in [0.29, 0.717) is 18.1 Å². The minimum Gasteiger partial charge on any atom is -0.361 e. The number of alkyl halides is 3. The Labute approximate surface area is 181 Å². The molecule has 2 N–H and O–H groups in total. The number of rotatable bonds is 5. The molecule has 0 radical (unpaired) electrons. The highest BCUT2D eigenvalue weighted by atomic mass is 32.1. The van der Waals surface area contributed by atoms with Crippen LogP contribution >= 0.6 is 11.3 Å². The number of hydrogen-bond acceptors (Lipinski definition) is 6. The lowest BCUT2D eigenvalue weighted by Crippen LogP contribution is -2.57. The largest absolute Gasteiger partial charge is 0.405 e. The van der Waals surface area contributed by atoms with Crippen molar-refractivity contribution in [2.45, 2.75) is 31.6 Å². The van der Waals surface area contributed by atoms with Gasteiger partial charge < -0.3 is 15.2 Å². The number of anilines is 1. The number of halogens is 3. The van der Waals surface area contributed by atoms with E-state index in [1.165, 1.54) is 11.9 Å². The SMILES string of the molecule is CC(Cc1c[nH]c2ccccc12)NC(=O)c1nnc(N2CCN(C)C(C(F)(F)F)C2)s1. The van der Waals surface area contributed by atoms with Gasteiger partial charge in [-0.15, -0.1) is 10.2 Å². The average molecular weight is 453 g/mol. The Morgan fingerprint density at radius 2 is 2.10 bits per heavy atom. The molecule has 1 fully saturated rings. The number of carbonyl (C=O) groups is 1. The van der Waals surface area contributed by atoms with Gasteiger partial charge in [-0.25, -0.2) is 0 Å². The van der Waals surface area contributed by atoms with E-state index < -0.39 is 12.2 Å². The number of amides is 1. The van der Waals surface area contributed by atoms with Crippen molar-refractivity contribution in [3.8, 4) is 0 Å². The van der Waals surface area contributed by atoms with Crippen LogP contribution in [0.1, 0.15) is 22.3 Å². The van der Waals surface area contributed by atoms with Gasteiger partial charge in [-0.2, -0.15) is 13.2 Å². The third-order valence-corrected chi connectivity index (χ3v) is 6.47. The summed E-state index contributed by atoms with van der Waals surface area (Å²) in [6, 6.07) is 6.21. The number of nitrogens with one attached hydrogen (secondary N) is 2. The zero-order valence-corrected chi connectivity index (χ0v) is 17.9. The van der Waals surface area contributed by atoms with Gasteiger partial charge in [0.15, 0.2) is 0 Å². The number of nitrogens with zero attached hydrogens (tertiary/aromatic N) is 4. The predicted molar refractivity (Wildman–Crippen MR) is 114 cm³/mol. The maximum absolute atomic E-state index is 13.2. The Kier molecular flexibility index (Phi) is 5.89. The summed E-state index contributed by atoms with van der Waals surface area (Å²) < 4.78 is 39.7.